The molecule has 0 aliphatic heterocycles. The number of carbonyl (C=O) groups excluding carboxylic acids is 1. The Balaban J connectivity index is 2.29. The van der Waals surface area contributed by atoms with E-state index in [1.165, 1.54) is 7.11 Å². The van der Waals surface area contributed by atoms with E-state index in [-0.39, 0.29) is 6.04 Å². The fourth-order valence-corrected chi connectivity index (χ4v) is 2.56. The average Bonchev–Trinajstić information content (AvgIpc) is 2.54. The molecule has 0 aromatic heterocycles. The molecule has 5 heteroatoms. The van der Waals surface area contributed by atoms with Crippen LogP contribution < -0.4 is 14.8 Å². The lowest BCUT2D eigenvalue weighted by Gasteiger charge is -2.25. The fourth-order valence-electron chi connectivity index (χ4n) is 2.56. The number of methoxy groups -OCH3 is 3. The number of hydrogen-bond acceptors (Lipinski definition) is 4. The highest BCUT2D eigenvalue weighted by Gasteiger charge is 2.22. The minimum Gasteiger partial charge on any atom is -0.493 e. The molecular weight excluding hydrogens is 270 g/mol. The predicted molar refractivity (Wildman–Crippen MR) is 80.7 cm³/mol. The minimum absolute atomic E-state index is 0.0377. The molecule has 0 fully saturated rings. The van der Waals surface area contributed by atoms with Crippen LogP contribution in [0.3, 0.4) is 0 Å². The van der Waals surface area contributed by atoms with Crippen molar-refractivity contribution in [2.45, 2.75) is 25.3 Å². The van der Waals surface area contributed by atoms with Gasteiger partial charge in [-0.05, 0) is 42.5 Å². The monoisotopic (exact) mass is 291 g/mol. The van der Waals surface area contributed by atoms with Crippen LogP contribution in [-0.2, 0) is 4.74 Å². The van der Waals surface area contributed by atoms with E-state index in [1.54, 1.807) is 14.2 Å². The summed E-state index contributed by atoms with van der Waals surface area (Å²) in [4.78, 5) is 11.5. The van der Waals surface area contributed by atoms with E-state index in [4.69, 9.17) is 14.2 Å². The first-order valence-corrected chi connectivity index (χ1v) is 6.96. The van der Waals surface area contributed by atoms with Gasteiger partial charge in [-0.25, -0.2) is 4.79 Å². The third kappa shape index (κ3) is 3.48. The van der Waals surface area contributed by atoms with Crippen LogP contribution in [0, 0.1) is 0 Å². The Morgan fingerprint density at radius 2 is 1.95 bits per heavy atom. The van der Waals surface area contributed by atoms with E-state index in [2.05, 4.69) is 11.4 Å². The average molecular weight is 291 g/mol. The summed E-state index contributed by atoms with van der Waals surface area (Å²) in [6.07, 6.45) is 4.70. The molecular formula is C16H21NO4. The molecule has 0 heterocycles. The Morgan fingerprint density at radius 1 is 1.19 bits per heavy atom. The number of carbonyl (C=O) groups is 1. The summed E-state index contributed by atoms with van der Waals surface area (Å²) in [6, 6.07) is 5.75. The maximum atomic E-state index is 11.5. The first-order valence-electron chi connectivity index (χ1n) is 6.96. The predicted octanol–water partition coefficient (Wildman–Crippen LogP) is 3.00. The van der Waals surface area contributed by atoms with Crippen LogP contribution in [0.25, 0.3) is 5.57 Å². The van der Waals surface area contributed by atoms with E-state index in [1.807, 2.05) is 18.2 Å². The Morgan fingerprint density at radius 3 is 2.62 bits per heavy atom. The molecule has 0 spiro atoms. The van der Waals surface area contributed by atoms with Crippen molar-refractivity contribution in [1.29, 1.82) is 0 Å². The molecule has 1 unspecified atom stereocenters. The Bertz CT molecular complexity index is 539. The number of nitrogens with one attached hydrogen (secondary N) is 1. The van der Waals surface area contributed by atoms with Gasteiger partial charge in [-0.1, -0.05) is 12.1 Å². The summed E-state index contributed by atoms with van der Waals surface area (Å²) in [5.41, 5.74) is 2.11. The zero-order valence-corrected chi connectivity index (χ0v) is 12.6. The Kier molecular flexibility index (Phi) is 5.09. The highest BCUT2D eigenvalue weighted by atomic mass is 16.5. The van der Waals surface area contributed by atoms with Crippen molar-refractivity contribution >= 4 is 11.7 Å². The maximum Gasteiger partial charge on any atom is 0.407 e. The molecule has 1 aliphatic rings. The molecule has 1 aromatic rings. The topological polar surface area (TPSA) is 56.8 Å². The lowest BCUT2D eigenvalue weighted by molar-refractivity contribution is 0.168. The van der Waals surface area contributed by atoms with Crippen molar-refractivity contribution in [3.8, 4) is 11.5 Å². The van der Waals surface area contributed by atoms with E-state index in [0.717, 1.165) is 30.4 Å². The van der Waals surface area contributed by atoms with Crippen LogP contribution >= 0.6 is 0 Å². The third-order valence-electron chi connectivity index (χ3n) is 3.63. The van der Waals surface area contributed by atoms with Crippen molar-refractivity contribution in [2.75, 3.05) is 21.3 Å². The molecule has 114 valence electrons. The van der Waals surface area contributed by atoms with Crippen LogP contribution in [-0.4, -0.2) is 33.5 Å². The molecule has 0 radical (unpaired) electrons. The third-order valence-corrected chi connectivity index (χ3v) is 3.63. The molecule has 1 N–H and O–H groups in total. The summed E-state index contributed by atoms with van der Waals surface area (Å²) in [5.74, 6) is 1.37. The molecule has 0 saturated carbocycles. The Hall–Kier alpha value is -2.17. The smallest absolute Gasteiger partial charge is 0.407 e. The number of amides is 1. The SMILES string of the molecule is COC(=O)NC1CCCC=C1c1ccc(OC)c(OC)c1. The molecule has 5 nitrogen and oxygen atoms in total. The second-order valence-electron chi connectivity index (χ2n) is 4.85. The Labute approximate surface area is 124 Å². The number of benzene rings is 1. The maximum absolute atomic E-state index is 11.5. The largest absolute Gasteiger partial charge is 0.493 e. The summed E-state index contributed by atoms with van der Waals surface area (Å²) in [7, 11) is 4.60. The molecule has 21 heavy (non-hydrogen) atoms. The van der Waals surface area contributed by atoms with Gasteiger partial charge in [-0.3, -0.25) is 0 Å². The van der Waals surface area contributed by atoms with Gasteiger partial charge in [-0.15, -0.1) is 0 Å². The first kappa shape index (κ1) is 15.2. The molecule has 1 aromatic carbocycles. The van der Waals surface area contributed by atoms with Crippen molar-refractivity contribution in [1.82, 2.24) is 5.32 Å². The zero-order chi connectivity index (χ0) is 15.2. The molecule has 2 rings (SSSR count). The zero-order valence-electron chi connectivity index (χ0n) is 12.6. The van der Waals surface area contributed by atoms with Gasteiger partial charge in [-0.2, -0.15) is 0 Å². The minimum atomic E-state index is -0.409. The van der Waals surface area contributed by atoms with Crippen LogP contribution in [0.1, 0.15) is 24.8 Å². The lowest BCUT2D eigenvalue weighted by atomic mass is 9.89. The van der Waals surface area contributed by atoms with Crippen molar-refractivity contribution in [3.63, 3.8) is 0 Å². The normalized spacial score (nSPS) is 17.7. The van der Waals surface area contributed by atoms with Crippen LogP contribution in [0.2, 0.25) is 0 Å². The van der Waals surface area contributed by atoms with E-state index < -0.39 is 6.09 Å². The van der Waals surface area contributed by atoms with Gasteiger partial charge in [0, 0.05) is 0 Å². The molecule has 1 aliphatic carbocycles. The van der Waals surface area contributed by atoms with E-state index >= 15 is 0 Å². The van der Waals surface area contributed by atoms with Gasteiger partial charge in [0.1, 0.15) is 0 Å². The van der Waals surface area contributed by atoms with Crippen LogP contribution in [0.4, 0.5) is 4.79 Å². The summed E-state index contributed by atoms with van der Waals surface area (Å²) >= 11 is 0. The number of alkyl carbamates (subject to hydrolysis) is 1. The highest BCUT2D eigenvalue weighted by molar-refractivity contribution is 5.77. The van der Waals surface area contributed by atoms with E-state index in [0.29, 0.717) is 11.5 Å². The highest BCUT2D eigenvalue weighted by Crippen LogP contribution is 2.34. The standard InChI is InChI=1S/C16H21NO4/c1-19-14-9-8-11(10-15(14)20-2)12-6-4-5-7-13(12)17-16(18)21-3/h6,8-10,13H,4-5,7H2,1-3H3,(H,17,18). The lowest BCUT2D eigenvalue weighted by Crippen LogP contribution is -2.36. The number of rotatable bonds is 4. The fraction of sp³-hybridized carbons (Fsp3) is 0.438. The van der Waals surface area contributed by atoms with Crippen molar-refractivity contribution < 1.29 is 19.0 Å². The summed E-state index contributed by atoms with van der Waals surface area (Å²) in [5, 5.41) is 2.88. The van der Waals surface area contributed by atoms with Gasteiger partial charge in [0.2, 0.25) is 0 Å². The first-order chi connectivity index (χ1) is 10.2. The van der Waals surface area contributed by atoms with Gasteiger partial charge in [0.05, 0.1) is 27.4 Å². The van der Waals surface area contributed by atoms with Crippen molar-refractivity contribution in [3.05, 3.63) is 29.8 Å². The van der Waals surface area contributed by atoms with Gasteiger partial charge in [0.25, 0.3) is 0 Å². The number of ether oxygens (including phenoxy) is 3. The molecule has 0 saturated heterocycles. The van der Waals surface area contributed by atoms with Crippen molar-refractivity contribution in [2.24, 2.45) is 0 Å². The van der Waals surface area contributed by atoms with Gasteiger partial charge < -0.3 is 19.5 Å². The molecule has 0 bridgehead atoms. The second-order valence-corrected chi connectivity index (χ2v) is 4.85. The van der Waals surface area contributed by atoms with Crippen LogP contribution in [0.5, 0.6) is 11.5 Å². The molecule has 1 amide bonds. The van der Waals surface area contributed by atoms with Crippen LogP contribution in [0.15, 0.2) is 24.3 Å². The summed E-state index contributed by atoms with van der Waals surface area (Å²) in [6.45, 7) is 0. The van der Waals surface area contributed by atoms with Gasteiger partial charge >= 0.3 is 6.09 Å². The summed E-state index contributed by atoms with van der Waals surface area (Å²) < 4.78 is 15.3. The second kappa shape index (κ2) is 7.02. The number of hydrogen-bond donors (Lipinski definition) is 1. The number of allylic oxidation sites excluding steroid dienone is 1. The van der Waals surface area contributed by atoms with Gasteiger partial charge in [0.15, 0.2) is 11.5 Å². The quantitative estimate of drug-likeness (QED) is 0.926. The van der Waals surface area contributed by atoms with E-state index in [9.17, 15) is 4.79 Å². The molecule has 1 atom stereocenters.